The molecule has 1 aliphatic heterocycles. The minimum absolute atomic E-state index is 0.0195. The molecule has 0 saturated heterocycles. The van der Waals surface area contributed by atoms with E-state index in [1.54, 1.807) is 0 Å². The molecule has 0 unspecified atom stereocenters. The van der Waals surface area contributed by atoms with Crippen molar-refractivity contribution in [3.05, 3.63) is 192 Å². The summed E-state index contributed by atoms with van der Waals surface area (Å²) in [5.74, 6) is 2.33. The number of hydrogen-bond donors (Lipinski definition) is 0. The number of nitrogens with zero attached hydrogens (tertiary/aromatic N) is 5. The highest BCUT2D eigenvalue weighted by Crippen LogP contribution is 2.48. The molecule has 6 nitrogen and oxygen atoms in total. The van der Waals surface area contributed by atoms with Crippen LogP contribution in [0, 0.1) is 11.3 Å². The van der Waals surface area contributed by atoms with Crippen LogP contribution in [-0.4, -0.2) is 16.2 Å². The molecule has 0 fully saturated rings. The lowest BCUT2D eigenvalue weighted by atomic mass is 9.80. The Morgan fingerprint density at radius 3 is 1.87 bits per heavy atom. The van der Waals surface area contributed by atoms with Gasteiger partial charge in [-0.15, -0.1) is 0 Å². The van der Waals surface area contributed by atoms with Crippen molar-refractivity contribution in [2.45, 2.75) is 78.6 Å². The summed E-state index contributed by atoms with van der Waals surface area (Å²) < 4.78 is 9.10. The van der Waals surface area contributed by atoms with Gasteiger partial charge in [-0.3, -0.25) is 4.57 Å². The van der Waals surface area contributed by atoms with E-state index >= 15 is 0 Å². The molecule has 2 aromatic heterocycles. The fourth-order valence-corrected chi connectivity index (χ4v) is 9.26. The maximum absolute atomic E-state index is 9.66. The second-order valence-electron chi connectivity index (χ2n) is 21.0. The van der Waals surface area contributed by atoms with Gasteiger partial charge >= 0.3 is 0 Å². The minimum atomic E-state index is -0.0580. The third-order valence-electron chi connectivity index (χ3n) is 13.2. The number of anilines is 4. The maximum Gasteiger partial charge on any atom is 0.137 e. The Balaban J connectivity index is 1.06. The molecule has 332 valence electrons. The van der Waals surface area contributed by atoms with E-state index in [1.165, 1.54) is 39.2 Å². The molecule has 0 radical (unpaired) electrons. The highest BCUT2D eigenvalue weighted by atomic mass is 16.5. The van der Waals surface area contributed by atoms with Crippen molar-refractivity contribution in [3.8, 4) is 45.6 Å². The number of pyridine rings is 1. The summed E-state index contributed by atoms with van der Waals surface area (Å²) in [6, 6.07) is 60.4. The molecule has 7 aromatic carbocycles. The van der Waals surface area contributed by atoms with Crippen LogP contribution in [0.4, 0.5) is 22.7 Å². The Kier molecular flexibility index (Phi) is 10.6. The van der Waals surface area contributed by atoms with Crippen molar-refractivity contribution in [2.75, 3.05) is 16.5 Å². The van der Waals surface area contributed by atoms with Crippen molar-refractivity contribution in [1.29, 1.82) is 5.26 Å². The molecule has 0 bridgehead atoms. The standard InChI is InChI=1S/C61H57N5O/c1-59(2,3)45-27-28-63-58(35-45)66-54-25-21-43(42-18-13-15-40(29-42)38-62)30-53(54)52-24-23-51(37-56(52)66)67-50-20-14-19-48(36-50)64-39-65(49-33-46(60(4,5)6)32-47(34-49)61(7,8)9)57-31-44(22-26-55(57)64)41-16-11-10-12-17-41/h10-37H,39H2,1-9H3. The Hall–Kier alpha value is -7.62. The molecule has 67 heavy (non-hydrogen) atoms. The van der Waals surface area contributed by atoms with Crippen LogP contribution in [0.25, 0.3) is 49.9 Å². The zero-order valence-corrected chi connectivity index (χ0v) is 40.0. The molecule has 1 aliphatic rings. The lowest BCUT2D eigenvalue weighted by molar-refractivity contribution is 0.483. The highest BCUT2D eigenvalue weighted by Gasteiger charge is 2.31. The Morgan fingerprint density at radius 1 is 0.478 bits per heavy atom. The molecule has 0 atom stereocenters. The SMILES string of the molecule is CC(C)(C)c1cc(N2CN(c3cccc(Oc4ccc5c6cc(-c7cccc(C#N)c7)ccc6n(-c6cc(C(C)(C)C)ccn6)c5c4)c3)c3ccc(-c4ccccc4)cc32)cc(C(C)(C)C)c1. The molecular weight excluding hydrogens is 819 g/mol. The molecule has 6 heteroatoms. The molecule has 3 heterocycles. The first-order valence-corrected chi connectivity index (χ1v) is 23.3. The third-order valence-corrected chi connectivity index (χ3v) is 13.2. The number of nitriles is 1. The van der Waals surface area contributed by atoms with E-state index in [0.717, 1.165) is 61.6 Å². The van der Waals surface area contributed by atoms with E-state index in [2.05, 4.69) is 222 Å². The van der Waals surface area contributed by atoms with Crippen LogP contribution in [0.1, 0.15) is 84.6 Å². The second kappa shape index (κ2) is 16.4. The molecular formula is C61H57N5O. The molecule has 9 aromatic rings. The lowest BCUT2D eigenvalue weighted by Gasteiger charge is -2.29. The quantitative estimate of drug-likeness (QED) is 0.160. The van der Waals surface area contributed by atoms with Crippen LogP contribution in [0.15, 0.2) is 170 Å². The summed E-state index contributed by atoms with van der Waals surface area (Å²) in [6.45, 7) is 21.1. The van der Waals surface area contributed by atoms with Crippen molar-refractivity contribution in [1.82, 2.24) is 9.55 Å². The summed E-state index contributed by atoms with van der Waals surface area (Å²) in [6.07, 6.45) is 1.91. The van der Waals surface area contributed by atoms with Gasteiger partial charge in [-0.25, -0.2) is 4.98 Å². The van der Waals surface area contributed by atoms with Crippen LogP contribution in [0.3, 0.4) is 0 Å². The maximum atomic E-state index is 9.66. The first-order valence-electron chi connectivity index (χ1n) is 23.3. The zero-order valence-electron chi connectivity index (χ0n) is 40.0. The molecule has 0 aliphatic carbocycles. The summed E-state index contributed by atoms with van der Waals surface area (Å²) in [5.41, 5.74) is 15.4. The topological polar surface area (TPSA) is 57.3 Å². The average molecular weight is 876 g/mol. The van der Waals surface area contributed by atoms with Crippen molar-refractivity contribution >= 4 is 44.6 Å². The second-order valence-corrected chi connectivity index (χ2v) is 21.0. The van der Waals surface area contributed by atoms with Gasteiger partial charge in [-0.05, 0) is 140 Å². The van der Waals surface area contributed by atoms with E-state index in [4.69, 9.17) is 9.72 Å². The van der Waals surface area contributed by atoms with E-state index in [9.17, 15) is 5.26 Å². The van der Waals surface area contributed by atoms with Gasteiger partial charge in [0.15, 0.2) is 0 Å². The van der Waals surface area contributed by atoms with Crippen LogP contribution < -0.4 is 14.5 Å². The van der Waals surface area contributed by atoms with Crippen LogP contribution in [0.2, 0.25) is 0 Å². The van der Waals surface area contributed by atoms with E-state index in [0.29, 0.717) is 12.2 Å². The van der Waals surface area contributed by atoms with E-state index in [-0.39, 0.29) is 16.2 Å². The van der Waals surface area contributed by atoms with E-state index in [1.807, 2.05) is 30.5 Å². The Morgan fingerprint density at radius 2 is 1.13 bits per heavy atom. The smallest absolute Gasteiger partial charge is 0.137 e. The summed E-state index contributed by atoms with van der Waals surface area (Å²) in [5, 5.41) is 11.8. The van der Waals surface area contributed by atoms with Gasteiger partial charge in [-0.1, -0.05) is 129 Å². The van der Waals surface area contributed by atoms with Gasteiger partial charge in [0.25, 0.3) is 0 Å². The number of rotatable bonds is 7. The number of hydrogen-bond acceptors (Lipinski definition) is 5. The molecule has 0 saturated carbocycles. The number of aromatic nitrogens is 2. The van der Waals surface area contributed by atoms with Gasteiger partial charge in [0, 0.05) is 40.5 Å². The van der Waals surface area contributed by atoms with Crippen molar-refractivity contribution in [3.63, 3.8) is 0 Å². The fraction of sp³-hybridized carbons (Fsp3) is 0.213. The Labute approximate surface area is 395 Å². The first-order chi connectivity index (χ1) is 32.0. The molecule has 10 rings (SSSR count). The highest BCUT2D eigenvalue weighted by molar-refractivity contribution is 6.10. The van der Waals surface area contributed by atoms with Gasteiger partial charge in [0.1, 0.15) is 24.0 Å². The number of ether oxygens (including phenoxy) is 1. The summed E-state index contributed by atoms with van der Waals surface area (Å²) >= 11 is 0. The number of benzene rings is 7. The monoisotopic (exact) mass is 875 g/mol. The average Bonchev–Trinajstić information content (AvgIpc) is 3.86. The Bertz CT molecular complexity index is 3360. The predicted molar refractivity (Wildman–Crippen MR) is 279 cm³/mol. The lowest BCUT2D eigenvalue weighted by Crippen LogP contribution is -2.25. The largest absolute Gasteiger partial charge is 0.457 e. The fourth-order valence-electron chi connectivity index (χ4n) is 9.26. The van der Waals surface area contributed by atoms with Crippen LogP contribution in [-0.2, 0) is 16.2 Å². The van der Waals surface area contributed by atoms with Crippen LogP contribution in [0.5, 0.6) is 11.5 Å². The van der Waals surface area contributed by atoms with Gasteiger partial charge in [0.05, 0.1) is 34.0 Å². The third kappa shape index (κ3) is 8.32. The minimum Gasteiger partial charge on any atom is -0.457 e. The normalized spacial score (nSPS) is 13.0. The zero-order chi connectivity index (χ0) is 46.8. The van der Waals surface area contributed by atoms with Crippen molar-refractivity contribution < 1.29 is 4.74 Å². The molecule has 0 N–H and O–H groups in total. The number of fused-ring (bicyclic) bond motifs is 4. The van der Waals surface area contributed by atoms with Crippen LogP contribution >= 0.6 is 0 Å². The molecule has 0 amide bonds. The summed E-state index contributed by atoms with van der Waals surface area (Å²) in [4.78, 5) is 9.82. The predicted octanol–water partition coefficient (Wildman–Crippen LogP) is 16.3. The van der Waals surface area contributed by atoms with Gasteiger partial charge in [0.2, 0.25) is 0 Å². The van der Waals surface area contributed by atoms with E-state index < -0.39 is 0 Å². The summed E-state index contributed by atoms with van der Waals surface area (Å²) in [7, 11) is 0. The van der Waals surface area contributed by atoms with Gasteiger partial charge in [-0.2, -0.15) is 5.26 Å². The van der Waals surface area contributed by atoms with Crippen molar-refractivity contribution in [2.24, 2.45) is 0 Å². The molecule has 0 spiro atoms. The first kappa shape index (κ1) is 43.3. The van der Waals surface area contributed by atoms with Gasteiger partial charge < -0.3 is 14.5 Å².